The van der Waals surface area contributed by atoms with Gasteiger partial charge in [0.1, 0.15) is 9.84 Å². The van der Waals surface area contributed by atoms with Crippen LogP contribution in [-0.2, 0) is 32.8 Å². The summed E-state index contributed by atoms with van der Waals surface area (Å²) in [7, 11) is -6.77. The number of hydrogen-bond acceptors (Lipinski definition) is 4. The van der Waals surface area contributed by atoms with E-state index in [1.54, 1.807) is 0 Å². The molecule has 0 aliphatic carbocycles. The van der Waals surface area contributed by atoms with Gasteiger partial charge in [-0.15, -0.1) is 0 Å². The number of hydrogen-bond donors (Lipinski definition) is 0. The van der Waals surface area contributed by atoms with Gasteiger partial charge in [0.05, 0.1) is 11.5 Å². The van der Waals surface area contributed by atoms with Gasteiger partial charge in [-0.3, -0.25) is 0 Å². The first-order valence-electron chi connectivity index (χ1n) is 6.00. The van der Waals surface area contributed by atoms with E-state index in [0.717, 1.165) is 17.4 Å². The molecule has 0 N–H and O–H groups in total. The van der Waals surface area contributed by atoms with Gasteiger partial charge in [0.2, 0.25) is 10.0 Å². The van der Waals surface area contributed by atoms with Crippen LogP contribution in [0.2, 0.25) is 0 Å². The van der Waals surface area contributed by atoms with E-state index < -0.39 is 19.9 Å². The standard InChI is InChI=1S/C12H17NO4S2/c1-18(14,15)8-9-19(16,17)13-7-6-11-4-2-3-5-12(11)10-13/h2-5H,6-10H2,1H3. The molecule has 1 aromatic rings. The maximum absolute atomic E-state index is 12.1. The third kappa shape index (κ3) is 3.77. The van der Waals surface area contributed by atoms with Crippen molar-refractivity contribution in [2.45, 2.75) is 13.0 Å². The highest BCUT2D eigenvalue weighted by Crippen LogP contribution is 2.21. The number of fused-ring (bicyclic) bond motifs is 1. The Morgan fingerprint density at radius 3 is 2.32 bits per heavy atom. The summed E-state index contributed by atoms with van der Waals surface area (Å²) in [5.41, 5.74) is 2.16. The lowest BCUT2D eigenvalue weighted by atomic mass is 10.0. The molecule has 106 valence electrons. The largest absolute Gasteiger partial charge is 0.229 e. The minimum atomic E-state index is -3.51. The summed E-state index contributed by atoms with van der Waals surface area (Å²) < 4.78 is 47.7. The van der Waals surface area contributed by atoms with Crippen molar-refractivity contribution in [3.05, 3.63) is 35.4 Å². The van der Waals surface area contributed by atoms with Gasteiger partial charge in [-0.05, 0) is 17.5 Å². The van der Waals surface area contributed by atoms with Crippen LogP contribution in [0, 0.1) is 0 Å². The Kier molecular flexibility index (Phi) is 3.98. The van der Waals surface area contributed by atoms with Gasteiger partial charge >= 0.3 is 0 Å². The van der Waals surface area contributed by atoms with Crippen LogP contribution in [0.25, 0.3) is 0 Å². The lowest BCUT2D eigenvalue weighted by molar-refractivity contribution is 0.392. The fourth-order valence-corrected chi connectivity index (χ4v) is 5.11. The topological polar surface area (TPSA) is 71.5 Å². The van der Waals surface area contributed by atoms with Crippen LogP contribution in [0.1, 0.15) is 11.1 Å². The second-order valence-corrected chi connectivity index (χ2v) is 9.15. The Labute approximate surface area is 114 Å². The van der Waals surface area contributed by atoms with E-state index in [1.807, 2.05) is 24.3 Å². The van der Waals surface area contributed by atoms with Gasteiger partial charge in [-0.25, -0.2) is 16.8 Å². The predicted octanol–water partition coefficient (Wildman–Crippen LogP) is 0.419. The molecular weight excluding hydrogens is 286 g/mol. The molecule has 5 nitrogen and oxygen atoms in total. The van der Waals surface area contributed by atoms with E-state index in [0.29, 0.717) is 19.5 Å². The van der Waals surface area contributed by atoms with E-state index in [-0.39, 0.29) is 11.5 Å². The molecule has 1 heterocycles. The molecule has 1 aliphatic heterocycles. The Morgan fingerprint density at radius 1 is 1.05 bits per heavy atom. The second-order valence-electron chi connectivity index (χ2n) is 4.80. The number of rotatable bonds is 4. The molecule has 0 unspecified atom stereocenters. The third-order valence-corrected chi connectivity index (χ3v) is 6.22. The van der Waals surface area contributed by atoms with E-state index in [1.165, 1.54) is 4.31 Å². The zero-order valence-corrected chi connectivity index (χ0v) is 12.4. The van der Waals surface area contributed by atoms with Crippen LogP contribution < -0.4 is 0 Å². The Bertz CT molecular complexity index is 665. The molecule has 7 heteroatoms. The highest BCUT2D eigenvalue weighted by atomic mass is 32.2. The lowest BCUT2D eigenvalue weighted by Crippen LogP contribution is -2.38. The average Bonchev–Trinajstić information content (AvgIpc) is 2.35. The summed E-state index contributed by atoms with van der Waals surface area (Å²) in [6, 6.07) is 7.72. The third-order valence-electron chi connectivity index (χ3n) is 3.20. The molecule has 0 amide bonds. The Morgan fingerprint density at radius 2 is 1.68 bits per heavy atom. The molecule has 0 spiro atoms. The minimum Gasteiger partial charge on any atom is -0.229 e. The van der Waals surface area contributed by atoms with Crippen molar-refractivity contribution < 1.29 is 16.8 Å². The quantitative estimate of drug-likeness (QED) is 0.808. The van der Waals surface area contributed by atoms with Crippen LogP contribution in [0.15, 0.2) is 24.3 Å². The van der Waals surface area contributed by atoms with Gasteiger partial charge < -0.3 is 0 Å². The van der Waals surface area contributed by atoms with Crippen LogP contribution in [0.4, 0.5) is 0 Å². The summed E-state index contributed by atoms with van der Waals surface area (Å²) in [4.78, 5) is 0. The SMILES string of the molecule is CS(=O)(=O)CCS(=O)(=O)N1CCc2ccccc2C1. The van der Waals surface area contributed by atoms with E-state index in [9.17, 15) is 16.8 Å². The van der Waals surface area contributed by atoms with Crippen molar-refractivity contribution in [2.75, 3.05) is 24.3 Å². The molecule has 1 aliphatic rings. The first-order chi connectivity index (χ1) is 8.78. The lowest BCUT2D eigenvalue weighted by Gasteiger charge is -2.27. The van der Waals surface area contributed by atoms with Crippen molar-refractivity contribution in [3.63, 3.8) is 0 Å². The molecule has 0 saturated carbocycles. The van der Waals surface area contributed by atoms with Gasteiger partial charge in [0, 0.05) is 19.3 Å². The molecule has 0 fully saturated rings. The first kappa shape index (κ1) is 14.5. The van der Waals surface area contributed by atoms with Crippen molar-refractivity contribution >= 4 is 19.9 Å². The number of nitrogens with zero attached hydrogens (tertiary/aromatic N) is 1. The van der Waals surface area contributed by atoms with Crippen LogP contribution in [0.5, 0.6) is 0 Å². The molecule has 0 bridgehead atoms. The Balaban J connectivity index is 2.12. The van der Waals surface area contributed by atoms with Gasteiger partial charge in [0.15, 0.2) is 0 Å². The zero-order valence-electron chi connectivity index (χ0n) is 10.7. The molecule has 0 atom stereocenters. The van der Waals surface area contributed by atoms with E-state index in [2.05, 4.69) is 0 Å². The fourth-order valence-electron chi connectivity index (χ4n) is 2.09. The summed E-state index contributed by atoms with van der Waals surface area (Å²) in [6.07, 6.45) is 1.72. The normalized spacial score (nSPS) is 17.1. The van der Waals surface area contributed by atoms with Gasteiger partial charge in [-0.1, -0.05) is 24.3 Å². The molecule has 19 heavy (non-hydrogen) atoms. The molecule has 1 aromatic carbocycles. The van der Waals surface area contributed by atoms with Crippen LogP contribution >= 0.6 is 0 Å². The molecule has 0 aromatic heterocycles. The maximum Gasteiger partial charge on any atom is 0.215 e. The smallest absolute Gasteiger partial charge is 0.215 e. The Hall–Kier alpha value is -0.920. The zero-order chi connectivity index (χ0) is 14.1. The average molecular weight is 303 g/mol. The van der Waals surface area contributed by atoms with Crippen molar-refractivity contribution in [1.82, 2.24) is 4.31 Å². The summed E-state index contributed by atoms with van der Waals surface area (Å²) in [5.74, 6) is -0.665. The molecule has 0 saturated heterocycles. The first-order valence-corrected chi connectivity index (χ1v) is 9.67. The molecular formula is C12H17NO4S2. The highest BCUT2D eigenvalue weighted by molar-refractivity contribution is 7.93. The minimum absolute atomic E-state index is 0.326. The maximum atomic E-state index is 12.1. The van der Waals surface area contributed by atoms with Crippen LogP contribution in [-0.4, -0.2) is 45.4 Å². The van der Waals surface area contributed by atoms with Crippen LogP contribution in [0.3, 0.4) is 0 Å². The number of sulfone groups is 1. The van der Waals surface area contributed by atoms with Crippen molar-refractivity contribution in [1.29, 1.82) is 0 Å². The molecule has 2 rings (SSSR count). The monoisotopic (exact) mass is 303 g/mol. The summed E-state index contributed by atoms with van der Waals surface area (Å²) in [6.45, 7) is 0.755. The highest BCUT2D eigenvalue weighted by Gasteiger charge is 2.27. The second kappa shape index (κ2) is 5.22. The summed E-state index contributed by atoms with van der Waals surface area (Å²) in [5, 5.41) is 0. The van der Waals surface area contributed by atoms with Gasteiger partial charge in [0.25, 0.3) is 0 Å². The molecule has 0 radical (unpaired) electrons. The predicted molar refractivity (Wildman–Crippen MR) is 74.1 cm³/mol. The fraction of sp³-hybridized carbons (Fsp3) is 0.500. The van der Waals surface area contributed by atoms with Crippen molar-refractivity contribution in [2.24, 2.45) is 0 Å². The van der Waals surface area contributed by atoms with Gasteiger partial charge in [-0.2, -0.15) is 4.31 Å². The summed E-state index contributed by atoms with van der Waals surface area (Å²) >= 11 is 0. The van der Waals surface area contributed by atoms with E-state index in [4.69, 9.17) is 0 Å². The van der Waals surface area contributed by atoms with E-state index >= 15 is 0 Å². The van der Waals surface area contributed by atoms with Crippen molar-refractivity contribution in [3.8, 4) is 0 Å². The number of sulfonamides is 1. The number of benzene rings is 1.